The summed E-state index contributed by atoms with van der Waals surface area (Å²) >= 11 is 3.31. The number of carbonyl (C=O) groups excluding carboxylic acids is 2. The number of hydrogen-bond acceptors (Lipinski definition) is 5. The van der Waals surface area contributed by atoms with Gasteiger partial charge in [0, 0.05) is 10.7 Å². The fourth-order valence-electron chi connectivity index (χ4n) is 2.44. The Morgan fingerprint density at radius 3 is 2.69 bits per heavy atom. The SMILES string of the molecule is COC(=O)c1cc(Br)ccc1NC(=O)c1cnn(-c2ccccn2)c1C. The number of rotatable bonds is 4. The zero-order valence-electron chi connectivity index (χ0n) is 14.1. The molecular weight excluding hydrogens is 400 g/mol. The molecule has 0 radical (unpaired) electrons. The predicted octanol–water partition coefficient (Wildman–Crippen LogP) is 3.38. The lowest BCUT2D eigenvalue weighted by molar-refractivity contribution is 0.0602. The fourth-order valence-corrected chi connectivity index (χ4v) is 2.80. The molecule has 0 fully saturated rings. The van der Waals surface area contributed by atoms with E-state index in [1.807, 2.05) is 6.07 Å². The summed E-state index contributed by atoms with van der Waals surface area (Å²) < 4.78 is 7.05. The number of anilines is 1. The van der Waals surface area contributed by atoms with Gasteiger partial charge in [-0.3, -0.25) is 4.79 Å². The number of nitrogens with one attached hydrogen (secondary N) is 1. The molecule has 26 heavy (non-hydrogen) atoms. The van der Waals surface area contributed by atoms with Crippen LogP contribution >= 0.6 is 15.9 Å². The van der Waals surface area contributed by atoms with Crippen molar-refractivity contribution in [3.8, 4) is 5.82 Å². The maximum absolute atomic E-state index is 12.7. The van der Waals surface area contributed by atoms with Gasteiger partial charge in [-0.05, 0) is 37.3 Å². The highest BCUT2D eigenvalue weighted by molar-refractivity contribution is 9.10. The molecule has 8 heteroatoms. The molecule has 132 valence electrons. The summed E-state index contributed by atoms with van der Waals surface area (Å²) in [6.45, 7) is 1.78. The maximum atomic E-state index is 12.7. The van der Waals surface area contributed by atoms with E-state index in [4.69, 9.17) is 4.74 Å². The number of nitrogens with zero attached hydrogens (tertiary/aromatic N) is 3. The number of benzene rings is 1. The summed E-state index contributed by atoms with van der Waals surface area (Å²) in [5, 5.41) is 6.97. The van der Waals surface area contributed by atoms with Crippen molar-refractivity contribution in [2.75, 3.05) is 12.4 Å². The second-order valence-electron chi connectivity index (χ2n) is 5.38. The van der Waals surface area contributed by atoms with Crippen molar-refractivity contribution in [1.82, 2.24) is 14.8 Å². The number of ether oxygens (including phenoxy) is 1. The lowest BCUT2D eigenvalue weighted by atomic mass is 10.1. The Balaban J connectivity index is 1.91. The topological polar surface area (TPSA) is 86.1 Å². The van der Waals surface area contributed by atoms with Gasteiger partial charge < -0.3 is 10.1 Å². The lowest BCUT2D eigenvalue weighted by Gasteiger charge is -2.10. The zero-order valence-corrected chi connectivity index (χ0v) is 15.6. The summed E-state index contributed by atoms with van der Waals surface area (Å²) in [5.41, 5.74) is 1.63. The number of hydrogen-bond donors (Lipinski definition) is 1. The quantitative estimate of drug-likeness (QED) is 0.661. The van der Waals surface area contributed by atoms with Gasteiger partial charge in [0.2, 0.25) is 0 Å². The first-order valence-corrected chi connectivity index (χ1v) is 8.46. The van der Waals surface area contributed by atoms with Gasteiger partial charge in [0.25, 0.3) is 5.91 Å². The van der Waals surface area contributed by atoms with Gasteiger partial charge in [-0.15, -0.1) is 0 Å². The van der Waals surface area contributed by atoms with Crippen LogP contribution in [0.25, 0.3) is 5.82 Å². The number of halogens is 1. The van der Waals surface area contributed by atoms with Crippen molar-refractivity contribution in [2.45, 2.75) is 6.92 Å². The van der Waals surface area contributed by atoms with E-state index in [9.17, 15) is 9.59 Å². The molecule has 0 saturated heterocycles. The third-order valence-electron chi connectivity index (χ3n) is 3.76. The number of carbonyl (C=O) groups is 2. The molecule has 2 heterocycles. The average molecular weight is 415 g/mol. The van der Waals surface area contributed by atoms with Crippen LogP contribution in [0.15, 0.2) is 53.3 Å². The van der Waals surface area contributed by atoms with Gasteiger partial charge in [0.15, 0.2) is 5.82 Å². The van der Waals surface area contributed by atoms with Crippen LogP contribution in [0.4, 0.5) is 5.69 Å². The van der Waals surface area contributed by atoms with Crippen molar-refractivity contribution in [2.24, 2.45) is 0 Å². The molecule has 0 bridgehead atoms. The van der Waals surface area contributed by atoms with Crippen molar-refractivity contribution in [3.05, 3.63) is 70.1 Å². The Morgan fingerprint density at radius 1 is 1.19 bits per heavy atom. The second-order valence-corrected chi connectivity index (χ2v) is 6.29. The summed E-state index contributed by atoms with van der Waals surface area (Å²) in [6, 6.07) is 10.4. The van der Waals surface area contributed by atoms with Crippen LogP contribution in [-0.4, -0.2) is 33.8 Å². The number of amides is 1. The third kappa shape index (κ3) is 3.50. The van der Waals surface area contributed by atoms with Crippen LogP contribution in [-0.2, 0) is 4.74 Å². The van der Waals surface area contributed by atoms with E-state index in [0.717, 1.165) is 0 Å². The molecule has 0 aliphatic carbocycles. The molecule has 0 saturated carbocycles. The van der Waals surface area contributed by atoms with E-state index in [2.05, 4.69) is 31.3 Å². The monoisotopic (exact) mass is 414 g/mol. The Labute approximate surface area is 158 Å². The summed E-state index contributed by atoms with van der Waals surface area (Å²) in [5.74, 6) is -0.303. The van der Waals surface area contributed by atoms with E-state index in [-0.39, 0.29) is 11.5 Å². The van der Waals surface area contributed by atoms with Gasteiger partial charge in [-0.25, -0.2) is 14.5 Å². The maximum Gasteiger partial charge on any atom is 0.340 e. The van der Waals surface area contributed by atoms with Gasteiger partial charge in [-0.2, -0.15) is 5.10 Å². The zero-order chi connectivity index (χ0) is 18.7. The lowest BCUT2D eigenvalue weighted by Crippen LogP contribution is -2.16. The van der Waals surface area contributed by atoms with Crippen LogP contribution in [0.1, 0.15) is 26.4 Å². The van der Waals surface area contributed by atoms with E-state index < -0.39 is 5.97 Å². The van der Waals surface area contributed by atoms with E-state index in [0.29, 0.717) is 27.2 Å². The highest BCUT2D eigenvalue weighted by Crippen LogP contribution is 2.23. The summed E-state index contributed by atoms with van der Waals surface area (Å²) in [6.07, 6.45) is 3.12. The second kappa shape index (κ2) is 7.49. The summed E-state index contributed by atoms with van der Waals surface area (Å²) in [4.78, 5) is 28.8. The standard InChI is InChI=1S/C18H15BrN4O3/c1-11-14(10-21-23(11)16-5-3-4-8-20-16)17(24)22-15-7-6-12(19)9-13(15)18(25)26-2/h3-10H,1-2H3,(H,22,24). The van der Waals surface area contributed by atoms with E-state index in [1.165, 1.54) is 13.3 Å². The largest absolute Gasteiger partial charge is 0.465 e. The Hall–Kier alpha value is -3.00. The van der Waals surface area contributed by atoms with Gasteiger partial charge in [0.1, 0.15) is 0 Å². The Bertz CT molecular complexity index is 970. The van der Waals surface area contributed by atoms with Crippen LogP contribution in [0.5, 0.6) is 0 Å². The normalized spacial score (nSPS) is 10.4. The number of aromatic nitrogens is 3. The van der Waals surface area contributed by atoms with E-state index >= 15 is 0 Å². The Kier molecular flexibility index (Phi) is 5.13. The smallest absolute Gasteiger partial charge is 0.340 e. The van der Waals surface area contributed by atoms with Crippen LogP contribution in [0, 0.1) is 6.92 Å². The molecule has 2 aromatic heterocycles. The number of esters is 1. The highest BCUT2D eigenvalue weighted by atomic mass is 79.9. The van der Waals surface area contributed by atoms with Crippen molar-refractivity contribution >= 4 is 33.5 Å². The van der Waals surface area contributed by atoms with Crippen LogP contribution < -0.4 is 5.32 Å². The molecule has 1 N–H and O–H groups in total. The first kappa shape index (κ1) is 17.8. The van der Waals surface area contributed by atoms with Crippen molar-refractivity contribution < 1.29 is 14.3 Å². The molecule has 0 unspecified atom stereocenters. The van der Waals surface area contributed by atoms with Gasteiger partial charge >= 0.3 is 5.97 Å². The molecule has 0 aliphatic rings. The molecule has 1 amide bonds. The third-order valence-corrected chi connectivity index (χ3v) is 4.25. The average Bonchev–Trinajstić information content (AvgIpc) is 3.04. The molecule has 3 aromatic rings. The molecule has 1 aromatic carbocycles. The molecule has 3 rings (SSSR count). The van der Waals surface area contributed by atoms with Crippen molar-refractivity contribution in [3.63, 3.8) is 0 Å². The predicted molar refractivity (Wildman–Crippen MR) is 99.5 cm³/mol. The number of pyridine rings is 1. The highest BCUT2D eigenvalue weighted by Gasteiger charge is 2.19. The van der Waals surface area contributed by atoms with Crippen LogP contribution in [0.2, 0.25) is 0 Å². The first-order chi connectivity index (χ1) is 12.5. The molecular formula is C18H15BrN4O3. The molecule has 0 spiro atoms. The first-order valence-electron chi connectivity index (χ1n) is 7.66. The van der Waals surface area contributed by atoms with Crippen molar-refractivity contribution in [1.29, 1.82) is 0 Å². The van der Waals surface area contributed by atoms with Gasteiger partial charge in [0.05, 0.1) is 35.8 Å². The molecule has 7 nitrogen and oxygen atoms in total. The summed E-state index contributed by atoms with van der Waals surface area (Å²) in [7, 11) is 1.29. The molecule has 0 aliphatic heterocycles. The van der Waals surface area contributed by atoms with E-state index in [1.54, 1.807) is 48.1 Å². The Morgan fingerprint density at radius 2 is 2.00 bits per heavy atom. The minimum atomic E-state index is -0.539. The van der Waals surface area contributed by atoms with Gasteiger partial charge in [-0.1, -0.05) is 22.0 Å². The minimum Gasteiger partial charge on any atom is -0.465 e. The van der Waals surface area contributed by atoms with Crippen LogP contribution in [0.3, 0.4) is 0 Å². The number of methoxy groups -OCH3 is 1. The fraction of sp³-hybridized carbons (Fsp3) is 0.111. The molecule has 0 atom stereocenters. The minimum absolute atomic E-state index is 0.255.